The van der Waals surface area contributed by atoms with Gasteiger partial charge in [-0.2, -0.15) is 5.21 Å². The number of aromatic nitrogens is 4. The van der Waals surface area contributed by atoms with Crippen LogP contribution < -0.4 is 5.32 Å². The molecule has 0 spiro atoms. The van der Waals surface area contributed by atoms with Gasteiger partial charge in [-0.05, 0) is 44.1 Å². The van der Waals surface area contributed by atoms with E-state index >= 15 is 0 Å². The minimum absolute atomic E-state index is 0.182. The van der Waals surface area contributed by atoms with Crippen molar-refractivity contribution in [1.82, 2.24) is 25.9 Å². The van der Waals surface area contributed by atoms with Gasteiger partial charge in [-0.15, -0.1) is 10.2 Å². The second-order valence-electron chi connectivity index (χ2n) is 4.94. The predicted molar refractivity (Wildman–Crippen MR) is 59.4 cm³/mol. The third kappa shape index (κ3) is 1.75. The molecule has 2 aliphatic carbocycles. The maximum Gasteiger partial charge on any atom is 0.191 e. The van der Waals surface area contributed by atoms with Gasteiger partial charge in [0.1, 0.15) is 0 Å². The van der Waals surface area contributed by atoms with Crippen molar-refractivity contribution >= 4 is 0 Å². The third-order valence-electron chi connectivity index (χ3n) is 3.85. The maximum absolute atomic E-state index is 3.99. The fraction of sp³-hybridized carbons (Fsp3) is 0.727. The summed E-state index contributed by atoms with van der Waals surface area (Å²) >= 11 is 0. The SMILES string of the molecule is CC(NCC1CC2C=CC1C2)c1nn[nH]n1. The first-order valence-corrected chi connectivity index (χ1v) is 5.98. The smallest absolute Gasteiger partial charge is 0.191 e. The molecular weight excluding hydrogens is 202 g/mol. The number of fused-ring (bicyclic) bond motifs is 2. The zero-order valence-corrected chi connectivity index (χ0v) is 9.43. The molecule has 1 fully saturated rings. The van der Waals surface area contributed by atoms with Crippen LogP contribution in [0.4, 0.5) is 0 Å². The molecule has 0 aromatic carbocycles. The second-order valence-corrected chi connectivity index (χ2v) is 4.94. The van der Waals surface area contributed by atoms with E-state index in [-0.39, 0.29) is 6.04 Å². The average molecular weight is 219 g/mol. The number of allylic oxidation sites excluding steroid dienone is 2. The summed E-state index contributed by atoms with van der Waals surface area (Å²) in [4.78, 5) is 0. The summed E-state index contributed by atoms with van der Waals surface area (Å²) in [6.07, 6.45) is 7.47. The van der Waals surface area contributed by atoms with Crippen molar-refractivity contribution in [3.63, 3.8) is 0 Å². The molecule has 4 unspecified atom stereocenters. The molecule has 4 atom stereocenters. The first-order valence-electron chi connectivity index (χ1n) is 5.98. The van der Waals surface area contributed by atoms with Crippen LogP contribution >= 0.6 is 0 Å². The molecule has 0 aliphatic heterocycles. The van der Waals surface area contributed by atoms with Gasteiger partial charge in [-0.25, -0.2) is 0 Å². The summed E-state index contributed by atoms with van der Waals surface area (Å²) in [5.74, 6) is 3.19. The van der Waals surface area contributed by atoms with Crippen molar-refractivity contribution in [1.29, 1.82) is 0 Å². The number of nitrogens with one attached hydrogen (secondary N) is 2. The lowest BCUT2D eigenvalue weighted by molar-refractivity contribution is 0.388. The molecule has 5 nitrogen and oxygen atoms in total. The van der Waals surface area contributed by atoms with Crippen molar-refractivity contribution in [3.05, 3.63) is 18.0 Å². The van der Waals surface area contributed by atoms with Gasteiger partial charge < -0.3 is 5.32 Å². The highest BCUT2D eigenvalue weighted by atomic mass is 15.5. The van der Waals surface area contributed by atoms with E-state index in [9.17, 15) is 0 Å². The Morgan fingerprint density at radius 1 is 1.50 bits per heavy atom. The van der Waals surface area contributed by atoms with E-state index in [4.69, 9.17) is 0 Å². The fourth-order valence-corrected chi connectivity index (χ4v) is 2.90. The summed E-state index contributed by atoms with van der Waals surface area (Å²) in [5, 5.41) is 17.5. The normalized spacial score (nSPS) is 33.4. The van der Waals surface area contributed by atoms with Crippen LogP contribution in [0.1, 0.15) is 31.6 Å². The lowest BCUT2D eigenvalue weighted by Crippen LogP contribution is -2.28. The van der Waals surface area contributed by atoms with Crippen molar-refractivity contribution in [3.8, 4) is 0 Å². The fourth-order valence-electron chi connectivity index (χ4n) is 2.90. The molecule has 0 saturated heterocycles. The molecule has 86 valence electrons. The van der Waals surface area contributed by atoms with Gasteiger partial charge in [0.05, 0.1) is 6.04 Å². The summed E-state index contributed by atoms with van der Waals surface area (Å²) in [5.41, 5.74) is 0. The summed E-state index contributed by atoms with van der Waals surface area (Å²) < 4.78 is 0. The monoisotopic (exact) mass is 219 g/mol. The third-order valence-corrected chi connectivity index (χ3v) is 3.85. The Bertz CT molecular complexity index is 372. The molecule has 1 saturated carbocycles. The highest BCUT2D eigenvalue weighted by Crippen LogP contribution is 2.43. The van der Waals surface area contributed by atoms with Crippen LogP contribution in [0.2, 0.25) is 0 Å². The Morgan fingerprint density at radius 2 is 2.44 bits per heavy atom. The Hall–Kier alpha value is -1.23. The Kier molecular flexibility index (Phi) is 2.47. The van der Waals surface area contributed by atoms with E-state index < -0.39 is 0 Å². The van der Waals surface area contributed by atoms with E-state index in [1.54, 1.807) is 0 Å². The van der Waals surface area contributed by atoms with Gasteiger partial charge in [0.15, 0.2) is 5.82 Å². The minimum Gasteiger partial charge on any atom is -0.307 e. The van der Waals surface area contributed by atoms with Crippen molar-refractivity contribution in [2.24, 2.45) is 17.8 Å². The molecular formula is C11H17N5. The van der Waals surface area contributed by atoms with Gasteiger partial charge in [-0.3, -0.25) is 0 Å². The van der Waals surface area contributed by atoms with Crippen molar-refractivity contribution < 1.29 is 0 Å². The number of nitrogens with zero attached hydrogens (tertiary/aromatic N) is 3. The Balaban J connectivity index is 1.52. The number of tetrazole rings is 1. The largest absolute Gasteiger partial charge is 0.307 e. The van der Waals surface area contributed by atoms with Crippen molar-refractivity contribution in [2.75, 3.05) is 6.54 Å². The summed E-state index contributed by atoms with van der Waals surface area (Å²) in [6.45, 7) is 3.13. The number of H-pyrrole nitrogens is 1. The predicted octanol–water partition coefficient (Wildman–Crippen LogP) is 1.06. The van der Waals surface area contributed by atoms with Crippen LogP contribution in [-0.2, 0) is 0 Å². The van der Waals surface area contributed by atoms with E-state index in [2.05, 4.69) is 45.0 Å². The van der Waals surface area contributed by atoms with Crippen LogP contribution in [0, 0.1) is 17.8 Å². The molecule has 16 heavy (non-hydrogen) atoms. The average Bonchev–Trinajstić information content (AvgIpc) is 3.01. The number of rotatable bonds is 4. The highest BCUT2D eigenvalue weighted by molar-refractivity contribution is 5.10. The Morgan fingerprint density at radius 3 is 3.06 bits per heavy atom. The first-order chi connectivity index (χ1) is 7.83. The summed E-state index contributed by atoms with van der Waals surface area (Å²) in [6, 6.07) is 0.182. The lowest BCUT2D eigenvalue weighted by atomic mass is 9.93. The quantitative estimate of drug-likeness (QED) is 0.743. The number of hydrogen-bond donors (Lipinski definition) is 2. The molecule has 0 radical (unpaired) electrons. The zero-order chi connectivity index (χ0) is 11.0. The van der Waals surface area contributed by atoms with Gasteiger partial charge in [0.25, 0.3) is 0 Å². The topological polar surface area (TPSA) is 66.5 Å². The van der Waals surface area contributed by atoms with Crippen LogP contribution in [-0.4, -0.2) is 27.2 Å². The minimum atomic E-state index is 0.182. The Labute approximate surface area is 94.7 Å². The molecule has 3 rings (SSSR count). The molecule has 1 aromatic rings. The summed E-state index contributed by atoms with van der Waals surface area (Å²) in [7, 11) is 0. The molecule has 2 aliphatic rings. The standard InChI is InChI=1S/C11H17N5/c1-7(11-13-15-16-14-11)12-6-10-5-8-2-3-9(10)4-8/h2-3,7-10,12H,4-6H2,1H3,(H,13,14,15,16). The van der Waals surface area contributed by atoms with Gasteiger partial charge >= 0.3 is 0 Å². The first kappa shape index (κ1) is 9.96. The van der Waals surface area contributed by atoms with Gasteiger partial charge in [-0.1, -0.05) is 17.4 Å². The van der Waals surface area contributed by atoms with Crippen LogP contribution in [0.15, 0.2) is 12.2 Å². The van der Waals surface area contributed by atoms with Crippen LogP contribution in [0.3, 0.4) is 0 Å². The van der Waals surface area contributed by atoms with E-state index in [0.29, 0.717) is 0 Å². The number of hydrogen-bond acceptors (Lipinski definition) is 4. The van der Waals surface area contributed by atoms with E-state index in [0.717, 1.165) is 30.1 Å². The number of aromatic amines is 1. The molecule has 1 aromatic heterocycles. The highest BCUT2D eigenvalue weighted by Gasteiger charge is 2.35. The molecule has 2 N–H and O–H groups in total. The lowest BCUT2D eigenvalue weighted by Gasteiger charge is -2.20. The maximum atomic E-state index is 3.99. The second kappa shape index (κ2) is 3.97. The van der Waals surface area contributed by atoms with Gasteiger partial charge in [0.2, 0.25) is 0 Å². The van der Waals surface area contributed by atoms with E-state index in [1.807, 2.05) is 0 Å². The molecule has 5 heteroatoms. The van der Waals surface area contributed by atoms with Crippen molar-refractivity contribution in [2.45, 2.75) is 25.8 Å². The van der Waals surface area contributed by atoms with E-state index in [1.165, 1.54) is 12.8 Å². The van der Waals surface area contributed by atoms with Gasteiger partial charge in [0, 0.05) is 0 Å². The zero-order valence-electron chi connectivity index (χ0n) is 9.43. The van der Waals surface area contributed by atoms with Crippen LogP contribution in [0.5, 0.6) is 0 Å². The molecule has 2 bridgehead atoms. The molecule has 0 amide bonds. The molecule has 1 heterocycles. The van der Waals surface area contributed by atoms with Crippen LogP contribution in [0.25, 0.3) is 0 Å².